The Kier molecular flexibility index (Phi) is 7.02. The van der Waals surface area contributed by atoms with E-state index in [9.17, 15) is 0 Å². The smallest absolute Gasteiger partial charge is 0.165 e. The lowest BCUT2D eigenvalue weighted by Crippen LogP contribution is -2.14. The fraction of sp³-hybridized carbons (Fsp3) is 0.0625. The largest absolute Gasteiger partial charge is 0.208 e. The van der Waals surface area contributed by atoms with Crippen molar-refractivity contribution in [2.24, 2.45) is 0 Å². The fourth-order valence-electron chi connectivity index (χ4n) is 7.94. The van der Waals surface area contributed by atoms with Gasteiger partial charge in [-0.05, 0) is 68.8 Å². The summed E-state index contributed by atoms with van der Waals surface area (Å²) in [7, 11) is 0. The number of aromatic nitrogens is 3. The molecule has 2 aromatic heterocycles. The lowest BCUT2D eigenvalue weighted by Gasteiger charge is -2.22. The topological polar surface area (TPSA) is 38.7 Å². The van der Waals surface area contributed by atoms with Gasteiger partial charge in [0.15, 0.2) is 17.5 Å². The molecular formula is C48H33N3S. The highest BCUT2D eigenvalue weighted by Gasteiger charge is 2.35. The van der Waals surface area contributed by atoms with Crippen LogP contribution < -0.4 is 0 Å². The van der Waals surface area contributed by atoms with E-state index in [1.807, 2.05) is 6.07 Å². The second-order valence-corrected chi connectivity index (χ2v) is 15.1. The van der Waals surface area contributed by atoms with Gasteiger partial charge in [-0.1, -0.05) is 153 Å². The van der Waals surface area contributed by atoms with Gasteiger partial charge in [0, 0.05) is 42.3 Å². The second kappa shape index (κ2) is 11.9. The summed E-state index contributed by atoms with van der Waals surface area (Å²) in [4.78, 5) is 15.7. The molecule has 9 aromatic rings. The Morgan fingerprint density at radius 2 is 0.962 bits per heavy atom. The number of benzene rings is 7. The summed E-state index contributed by atoms with van der Waals surface area (Å²) in [6.45, 7) is 4.66. The van der Waals surface area contributed by atoms with Gasteiger partial charge in [-0.2, -0.15) is 0 Å². The van der Waals surface area contributed by atoms with E-state index in [4.69, 9.17) is 15.0 Å². The van der Waals surface area contributed by atoms with Crippen LogP contribution in [0.2, 0.25) is 0 Å². The predicted molar refractivity (Wildman–Crippen MR) is 217 cm³/mol. The van der Waals surface area contributed by atoms with Gasteiger partial charge >= 0.3 is 0 Å². The zero-order valence-corrected chi connectivity index (χ0v) is 29.7. The highest BCUT2D eigenvalue weighted by Crippen LogP contribution is 2.49. The van der Waals surface area contributed by atoms with E-state index in [0.29, 0.717) is 17.5 Å². The van der Waals surface area contributed by atoms with E-state index >= 15 is 0 Å². The van der Waals surface area contributed by atoms with Gasteiger partial charge in [-0.3, -0.25) is 0 Å². The summed E-state index contributed by atoms with van der Waals surface area (Å²) in [6.07, 6.45) is 0. The highest BCUT2D eigenvalue weighted by atomic mass is 32.1. The zero-order chi connectivity index (χ0) is 34.8. The Hall–Kier alpha value is -6.23. The summed E-state index contributed by atoms with van der Waals surface area (Å²) < 4.78 is 2.43. The molecule has 1 aliphatic carbocycles. The minimum absolute atomic E-state index is 0.0721. The molecule has 0 spiro atoms. The molecule has 2 heterocycles. The average Bonchev–Trinajstić information content (AvgIpc) is 3.70. The molecule has 0 atom stereocenters. The van der Waals surface area contributed by atoms with Crippen LogP contribution in [-0.4, -0.2) is 15.0 Å². The third-order valence-electron chi connectivity index (χ3n) is 10.6. The molecule has 3 nitrogen and oxygen atoms in total. The van der Waals surface area contributed by atoms with Gasteiger partial charge in [-0.15, -0.1) is 11.3 Å². The molecule has 1 aliphatic rings. The maximum absolute atomic E-state index is 5.25. The van der Waals surface area contributed by atoms with Gasteiger partial charge in [0.25, 0.3) is 0 Å². The number of rotatable bonds is 5. The molecule has 246 valence electrons. The van der Waals surface area contributed by atoms with Crippen LogP contribution in [0.1, 0.15) is 25.0 Å². The molecule has 0 radical (unpaired) electrons. The molecule has 0 saturated heterocycles. The summed E-state index contributed by atoms with van der Waals surface area (Å²) in [5.41, 5.74) is 12.8. The van der Waals surface area contributed by atoms with Crippen molar-refractivity contribution in [3.63, 3.8) is 0 Å². The Balaban J connectivity index is 1.16. The zero-order valence-electron chi connectivity index (χ0n) is 28.8. The number of hydrogen-bond acceptors (Lipinski definition) is 4. The molecule has 7 aromatic carbocycles. The van der Waals surface area contributed by atoms with Gasteiger partial charge < -0.3 is 0 Å². The summed E-state index contributed by atoms with van der Waals surface area (Å²) in [5, 5.41) is 2.47. The molecule has 0 amide bonds. The van der Waals surface area contributed by atoms with Crippen molar-refractivity contribution >= 4 is 31.5 Å². The van der Waals surface area contributed by atoms with E-state index in [0.717, 1.165) is 33.4 Å². The van der Waals surface area contributed by atoms with Crippen LogP contribution >= 0.6 is 11.3 Å². The lowest BCUT2D eigenvalue weighted by atomic mass is 9.81. The average molecular weight is 684 g/mol. The van der Waals surface area contributed by atoms with Crippen molar-refractivity contribution in [3.8, 4) is 67.5 Å². The monoisotopic (exact) mass is 683 g/mol. The Morgan fingerprint density at radius 3 is 1.83 bits per heavy atom. The van der Waals surface area contributed by atoms with Crippen LogP contribution in [0.15, 0.2) is 164 Å². The Labute approximate surface area is 307 Å². The molecule has 0 fully saturated rings. The van der Waals surface area contributed by atoms with E-state index in [2.05, 4.69) is 172 Å². The quantitative estimate of drug-likeness (QED) is 0.181. The normalized spacial score (nSPS) is 13.0. The standard InChI is InChI=1S/C48H33N3S/c1-48(2)41-24-10-8-19-35(41)36-27-26-32(29-42(36)48)31-16-12-17-33(28-31)45-49-46(39-21-7-6-18-34(39)30-14-4-3-5-15-30)51-47(50-45)40-23-13-22-38-37-20-9-11-25-43(37)52-44(38)40/h3-29H,1-2H3. The number of fused-ring (bicyclic) bond motifs is 6. The molecule has 52 heavy (non-hydrogen) atoms. The molecule has 0 unspecified atom stereocenters. The first-order chi connectivity index (χ1) is 25.5. The maximum Gasteiger partial charge on any atom is 0.165 e. The van der Waals surface area contributed by atoms with E-state index in [1.54, 1.807) is 11.3 Å². The van der Waals surface area contributed by atoms with Crippen molar-refractivity contribution in [3.05, 3.63) is 175 Å². The molecule has 0 aliphatic heterocycles. The molecular weight excluding hydrogens is 651 g/mol. The minimum atomic E-state index is -0.0721. The van der Waals surface area contributed by atoms with Gasteiger partial charge in [0.05, 0.1) is 0 Å². The third-order valence-corrected chi connectivity index (χ3v) is 11.8. The first-order valence-electron chi connectivity index (χ1n) is 17.7. The summed E-state index contributed by atoms with van der Waals surface area (Å²) in [6, 6.07) is 58.3. The SMILES string of the molecule is CC1(C)c2ccccc2-c2ccc(-c3cccc(-c4nc(-c5ccccc5-c5ccccc5)nc(-c5cccc6c5sc5ccccc56)n4)c3)cc21. The van der Waals surface area contributed by atoms with E-state index in [1.165, 1.54) is 48.0 Å². The van der Waals surface area contributed by atoms with Gasteiger partial charge in [-0.25, -0.2) is 15.0 Å². The molecule has 0 saturated carbocycles. The van der Waals surface area contributed by atoms with Crippen LogP contribution in [-0.2, 0) is 5.41 Å². The molecule has 4 heteroatoms. The minimum Gasteiger partial charge on any atom is -0.208 e. The number of hydrogen-bond donors (Lipinski definition) is 0. The van der Waals surface area contributed by atoms with Crippen molar-refractivity contribution in [2.45, 2.75) is 19.3 Å². The van der Waals surface area contributed by atoms with Crippen molar-refractivity contribution in [2.75, 3.05) is 0 Å². The highest BCUT2D eigenvalue weighted by molar-refractivity contribution is 7.26. The fourth-order valence-corrected chi connectivity index (χ4v) is 9.15. The van der Waals surface area contributed by atoms with Crippen LogP contribution in [0.25, 0.3) is 87.7 Å². The number of thiophene rings is 1. The van der Waals surface area contributed by atoms with E-state index in [-0.39, 0.29) is 5.41 Å². The Morgan fingerprint density at radius 1 is 0.385 bits per heavy atom. The first-order valence-corrected chi connectivity index (χ1v) is 18.5. The molecule has 0 bridgehead atoms. The van der Waals surface area contributed by atoms with Crippen molar-refractivity contribution in [1.82, 2.24) is 15.0 Å². The number of nitrogens with zero attached hydrogens (tertiary/aromatic N) is 3. The summed E-state index contributed by atoms with van der Waals surface area (Å²) >= 11 is 1.79. The van der Waals surface area contributed by atoms with Crippen molar-refractivity contribution < 1.29 is 0 Å². The second-order valence-electron chi connectivity index (χ2n) is 14.0. The van der Waals surface area contributed by atoms with Gasteiger partial charge in [0.1, 0.15) is 0 Å². The van der Waals surface area contributed by atoms with Crippen molar-refractivity contribution in [1.29, 1.82) is 0 Å². The predicted octanol–water partition coefficient (Wildman–Crippen LogP) is 12.9. The van der Waals surface area contributed by atoms with Crippen LogP contribution in [0.3, 0.4) is 0 Å². The Bertz CT molecular complexity index is 2830. The molecule has 10 rings (SSSR count). The maximum atomic E-state index is 5.25. The lowest BCUT2D eigenvalue weighted by molar-refractivity contribution is 0.660. The van der Waals surface area contributed by atoms with Crippen LogP contribution in [0.5, 0.6) is 0 Å². The van der Waals surface area contributed by atoms with E-state index < -0.39 is 0 Å². The van der Waals surface area contributed by atoms with Gasteiger partial charge in [0.2, 0.25) is 0 Å². The molecule has 0 N–H and O–H groups in total. The van der Waals surface area contributed by atoms with Crippen LogP contribution in [0, 0.1) is 0 Å². The van der Waals surface area contributed by atoms with Crippen LogP contribution in [0.4, 0.5) is 0 Å². The first kappa shape index (κ1) is 30.6. The third kappa shape index (κ3) is 4.90. The summed E-state index contributed by atoms with van der Waals surface area (Å²) in [5.74, 6) is 1.97.